The zero-order valence-electron chi connectivity index (χ0n) is 13.8. The molecule has 0 bridgehead atoms. The quantitative estimate of drug-likeness (QED) is 0.602. The fraction of sp³-hybridized carbons (Fsp3) is 0.895. The molecule has 0 aromatic carbocycles. The van der Waals surface area contributed by atoms with Crippen LogP contribution < -0.4 is 0 Å². The highest BCUT2D eigenvalue weighted by Gasteiger charge is 2.61. The second-order valence-electron chi connectivity index (χ2n) is 9.13. The lowest BCUT2D eigenvalue weighted by atomic mass is 9.45. The first-order valence-electron chi connectivity index (χ1n) is 9.03. The van der Waals surface area contributed by atoms with Crippen molar-refractivity contribution in [3.8, 4) is 0 Å². The van der Waals surface area contributed by atoms with Crippen LogP contribution in [0.4, 0.5) is 0 Å². The van der Waals surface area contributed by atoms with Crippen LogP contribution in [-0.4, -0.2) is 21.1 Å². The number of aliphatic hydroxyl groups is 2. The monoisotopic (exact) mass is 368 g/mol. The van der Waals surface area contributed by atoms with Crippen LogP contribution in [0.5, 0.6) is 0 Å². The minimum Gasteiger partial charge on any atom is -0.513 e. The van der Waals surface area contributed by atoms with Crippen LogP contribution in [0.15, 0.2) is 11.8 Å². The predicted octanol–water partition coefficient (Wildman–Crippen LogP) is 4.82. The summed E-state index contributed by atoms with van der Waals surface area (Å²) in [6.07, 6.45) is 9.62. The molecule has 2 N–H and O–H groups in total. The van der Waals surface area contributed by atoms with Gasteiger partial charge in [-0.3, -0.25) is 0 Å². The van der Waals surface area contributed by atoms with Crippen molar-refractivity contribution in [2.45, 2.75) is 69.7 Å². The van der Waals surface area contributed by atoms with Gasteiger partial charge in [0.2, 0.25) is 0 Å². The molecule has 0 amide bonds. The van der Waals surface area contributed by atoms with Gasteiger partial charge in [-0.15, -0.1) is 0 Å². The third kappa shape index (κ3) is 2.07. The average molecular weight is 369 g/mol. The Morgan fingerprint density at radius 2 is 2.00 bits per heavy atom. The topological polar surface area (TPSA) is 40.5 Å². The van der Waals surface area contributed by atoms with Gasteiger partial charge in [-0.25, -0.2) is 0 Å². The lowest BCUT2D eigenvalue weighted by molar-refractivity contribution is -0.149. The van der Waals surface area contributed by atoms with E-state index in [1.165, 1.54) is 25.7 Å². The van der Waals surface area contributed by atoms with E-state index >= 15 is 0 Å². The van der Waals surface area contributed by atoms with Crippen LogP contribution in [0.3, 0.4) is 0 Å². The maximum absolute atomic E-state index is 11.0. The van der Waals surface area contributed by atoms with Crippen molar-refractivity contribution >= 4 is 15.9 Å². The van der Waals surface area contributed by atoms with Gasteiger partial charge in [0.05, 0.1) is 11.9 Å². The summed E-state index contributed by atoms with van der Waals surface area (Å²) in [6.45, 7) is 4.90. The van der Waals surface area contributed by atoms with E-state index in [9.17, 15) is 10.2 Å². The van der Waals surface area contributed by atoms with Crippen molar-refractivity contribution in [2.24, 2.45) is 34.5 Å². The molecule has 22 heavy (non-hydrogen) atoms. The SMILES string of the molecule is C[C@]12CC[C@H]3[C@@H]([C@@H](O)C[C@H]4CC(O)=CC[C@@]43C)[C@@H]1C[C@@H](Br)C2. The minimum atomic E-state index is -0.170. The van der Waals surface area contributed by atoms with Crippen LogP contribution in [0.2, 0.25) is 0 Å². The Bertz CT molecular complexity index is 504. The molecule has 8 atom stereocenters. The molecule has 3 saturated carbocycles. The summed E-state index contributed by atoms with van der Waals surface area (Å²) in [5.41, 5.74) is 0.702. The molecule has 0 unspecified atom stereocenters. The van der Waals surface area contributed by atoms with Gasteiger partial charge in [-0.1, -0.05) is 29.8 Å². The van der Waals surface area contributed by atoms with Gasteiger partial charge < -0.3 is 10.2 Å². The molecule has 0 aromatic heterocycles. The number of allylic oxidation sites excluding steroid dienone is 2. The number of alkyl halides is 1. The van der Waals surface area contributed by atoms with Crippen LogP contribution in [0, 0.1) is 34.5 Å². The summed E-state index contributed by atoms with van der Waals surface area (Å²) in [5, 5.41) is 20.9. The van der Waals surface area contributed by atoms with Crippen LogP contribution >= 0.6 is 15.9 Å². The third-order valence-electron chi connectivity index (χ3n) is 8.03. The maximum atomic E-state index is 11.0. The Kier molecular flexibility index (Phi) is 3.51. The van der Waals surface area contributed by atoms with Crippen molar-refractivity contribution in [2.75, 3.05) is 0 Å². The van der Waals surface area contributed by atoms with Gasteiger partial charge in [0.25, 0.3) is 0 Å². The first-order valence-corrected chi connectivity index (χ1v) is 9.95. The summed E-state index contributed by atoms with van der Waals surface area (Å²) >= 11 is 3.87. The summed E-state index contributed by atoms with van der Waals surface area (Å²) in [7, 11) is 0. The molecular weight excluding hydrogens is 340 g/mol. The van der Waals surface area contributed by atoms with E-state index in [-0.39, 0.29) is 11.5 Å². The molecule has 2 nitrogen and oxygen atoms in total. The van der Waals surface area contributed by atoms with E-state index in [1.807, 2.05) is 0 Å². The highest BCUT2D eigenvalue weighted by Crippen LogP contribution is 2.66. The second-order valence-corrected chi connectivity index (χ2v) is 10.4. The zero-order chi connectivity index (χ0) is 15.7. The van der Waals surface area contributed by atoms with E-state index < -0.39 is 0 Å². The van der Waals surface area contributed by atoms with Crippen LogP contribution in [-0.2, 0) is 0 Å². The number of halogens is 1. The molecule has 0 spiro atoms. The number of hydrogen-bond acceptors (Lipinski definition) is 2. The molecule has 4 aliphatic carbocycles. The Hall–Kier alpha value is -0.0200. The highest BCUT2D eigenvalue weighted by atomic mass is 79.9. The van der Waals surface area contributed by atoms with Crippen molar-refractivity contribution in [3.05, 3.63) is 11.8 Å². The first-order chi connectivity index (χ1) is 10.3. The Labute approximate surface area is 142 Å². The first kappa shape index (κ1) is 15.5. The summed E-state index contributed by atoms with van der Waals surface area (Å²) in [6, 6.07) is 0. The maximum Gasteiger partial charge on any atom is 0.0886 e. The Morgan fingerprint density at radius 1 is 1.23 bits per heavy atom. The van der Waals surface area contributed by atoms with Gasteiger partial charge >= 0.3 is 0 Å². The van der Waals surface area contributed by atoms with E-state index in [0.29, 0.717) is 39.7 Å². The molecule has 0 radical (unpaired) electrons. The Morgan fingerprint density at radius 3 is 2.77 bits per heavy atom. The average Bonchev–Trinajstić information content (AvgIpc) is 2.75. The standard InChI is InChI=1S/C19H29BrO2/c1-18-5-4-14-17(15(18)9-12(20)10-18)16(22)8-11-7-13(21)3-6-19(11,14)2/h3,11-12,14-17,21-22H,4-10H2,1-2H3/t11-,12-,14+,15+,16+,17-,18-,19+/m1/s1. The van der Waals surface area contributed by atoms with Crippen molar-refractivity contribution in [3.63, 3.8) is 0 Å². The number of hydrogen-bond donors (Lipinski definition) is 2. The number of fused-ring (bicyclic) bond motifs is 5. The second kappa shape index (κ2) is 4.99. The molecule has 3 fully saturated rings. The molecule has 4 aliphatic rings. The van der Waals surface area contributed by atoms with Crippen molar-refractivity contribution < 1.29 is 10.2 Å². The number of rotatable bonds is 0. The van der Waals surface area contributed by atoms with Crippen molar-refractivity contribution in [1.82, 2.24) is 0 Å². The van der Waals surface area contributed by atoms with Gasteiger partial charge in [-0.05, 0) is 79.1 Å². The van der Waals surface area contributed by atoms with Gasteiger partial charge in [0, 0.05) is 11.2 Å². The number of aliphatic hydroxyl groups excluding tert-OH is 2. The van der Waals surface area contributed by atoms with Crippen LogP contribution in [0.25, 0.3) is 0 Å². The molecule has 4 rings (SSSR count). The van der Waals surface area contributed by atoms with Gasteiger partial charge in [0.15, 0.2) is 0 Å². The molecular formula is C19H29BrO2. The van der Waals surface area contributed by atoms with E-state index in [0.717, 1.165) is 19.3 Å². The summed E-state index contributed by atoms with van der Waals surface area (Å²) in [5.74, 6) is 2.77. The van der Waals surface area contributed by atoms with Gasteiger partial charge in [-0.2, -0.15) is 0 Å². The zero-order valence-corrected chi connectivity index (χ0v) is 15.3. The van der Waals surface area contributed by atoms with E-state index in [2.05, 4.69) is 35.9 Å². The minimum absolute atomic E-state index is 0.170. The van der Waals surface area contributed by atoms with E-state index in [1.54, 1.807) is 0 Å². The molecule has 124 valence electrons. The van der Waals surface area contributed by atoms with Gasteiger partial charge in [0.1, 0.15) is 0 Å². The molecule has 0 aliphatic heterocycles. The molecule has 3 heteroatoms. The lowest BCUT2D eigenvalue weighted by Crippen LogP contribution is -2.56. The molecule has 0 saturated heterocycles. The summed E-state index contributed by atoms with van der Waals surface area (Å²) in [4.78, 5) is 0.634. The largest absolute Gasteiger partial charge is 0.513 e. The van der Waals surface area contributed by atoms with Crippen molar-refractivity contribution in [1.29, 1.82) is 0 Å². The summed E-state index contributed by atoms with van der Waals surface area (Å²) < 4.78 is 0. The predicted molar refractivity (Wildman–Crippen MR) is 91.9 cm³/mol. The van der Waals surface area contributed by atoms with Crippen LogP contribution in [0.1, 0.15) is 58.8 Å². The fourth-order valence-electron chi connectivity index (χ4n) is 6.80. The molecule has 0 heterocycles. The lowest BCUT2D eigenvalue weighted by Gasteiger charge is -2.60. The fourth-order valence-corrected chi connectivity index (χ4v) is 7.94. The third-order valence-corrected chi connectivity index (χ3v) is 8.73. The molecule has 0 aromatic rings. The smallest absolute Gasteiger partial charge is 0.0886 e. The normalized spacial score (nSPS) is 57.5. The van der Waals surface area contributed by atoms with E-state index in [4.69, 9.17) is 0 Å². The Balaban J connectivity index is 1.70. The highest BCUT2D eigenvalue weighted by molar-refractivity contribution is 9.09.